The highest BCUT2D eigenvalue weighted by Crippen LogP contribution is 2.29. The van der Waals surface area contributed by atoms with E-state index in [1.165, 1.54) is 17.9 Å². The number of carbonyl (C=O) groups excluding carboxylic acids is 1. The Morgan fingerprint density at radius 3 is 2.56 bits per heavy atom. The standard InChI is InChI=1S/C15H11F3N4O3/c1-24-13(23)11-6-7-22(20-11)8-9-2-4-10(5-3-9)12-19-14(25-21-12)15(16,17)18/h2-7H,8H2,1H3. The van der Waals surface area contributed by atoms with Crippen LogP contribution in [0.15, 0.2) is 41.1 Å². The zero-order valence-corrected chi connectivity index (χ0v) is 12.8. The monoisotopic (exact) mass is 352 g/mol. The van der Waals surface area contributed by atoms with Crippen molar-refractivity contribution in [3.8, 4) is 11.4 Å². The fourth-order valence-electron chi connectivity index (χ4n) is 2.07. The second kappa shape index (κ2) is 6.38. The van der Waals surface area contributed by atoms with Crippen molar-refractivity contribution in [1.82, 2.24) is 19.9 Å². The molecule has 0 saturated carbocycles. The molecule has 0 saturated heterocycles. The smallest absolute Gasteiger partial charge is 0.464 e. The average molecular weight is 352 g/mol. The molecule has 0 aliphatic heterocycles. The van der Waals surface area contributed by atoms with Gasteiger partial charge >= 0.3 is 18.0 Å². The number of alkyl halides is 3. The first-order valence-corrected chi connectivity index (χ1v) is 6.99. The van der Waals surface area contributed by atoms with Crippen molar-refractivity contribution >= 4 is 5.97 Å². The van der Waals surface area contributed by atoms with E-state index in [9.17, 15) is 18.0 Å². The number of methoxy groups -OCH3 is 1. The second-order valence-electron chi connectivity index (χ2n) is 5.01. The summed E-state index contributed by atoms with van der Waals surface area (Å²) in [5, 5.41) is 7.39. The van der Waals surface area contributed by atoms with Gasteiger partial charge in [-0.1, -0.05) is 29.4 Å². The van der Waals surface area contributed by atoms with Crippen LogP contribution < -0.4 is 0 Å². The first-order valence-electron chi connectivity index (χ1n) is 6.99. The Hall–Kier alpha value is -3.17. The number of ether oxygens (including phenoxy) is 1. The van der Waals surface area contributed by atoms with Crippen LogP contribution in [0.2, 0.25) is 0 Å². The summed E-state index contributed by atoms with van der Waals surface area (Å²) in [7, 11) is 1.27. The quantitative estimate of drug-likeness (QED) is 0.672. The highest BCUT2D eigenvalue weighted by atomic mass is 19.4. The van der Waals surface area contributed by atoms with E-state index < -0.39 is 18.0 Å². The molecular weight excluding hydrogens is 341 g/mol. The van der Waals surface area contributed by atoms with Gasteiger partial charge in [0.15, 0.2) is 5.69 Å². The Balaban J connectivity index is 1.73. The van der Waals surface area contributed by atoms with Crippen LogP contribution in [0.5, 0.6) is 0 Å². The molecule has 0 unspecified atom stereocenters. The maximum Gasteiger partial charge on any atom is 0.471 e. The largest absolute Gasteiger partial charge is 0.471 e. The lowest BCUT2D eigenvalue weighted by atomic mass is 10.1. The minimum absolute atomic E-state index is 0.147. The third-order valence-corrected chi connectivity index (χ3v) is 3.26. The summed E-state index contributed by atoms with van der Waals surface area (Å²) in [6.45, 7) is 0.372. The first kappa shape index (κ1) is 16.7. The number of hydrogen-bond donors (Lipinski definition) is 0. The molecule has 0 fully saturated rings. The van der Waals surface area contributed by atoms with Gasteiger partial charge < -0.3 is 9.26 Å². The lowest BCUT2D eigenvalue weighted by Crippen LogP contribution is -2.06. The Labute approximate surface area is 139 Å². The van der Waals surface area contributed by atoms with Gasteiger partial charge in [0.2, 0.25) is 5.82 Å². The van der Waals surface area contributed by atoms with Gasteiger partial charge in [-0.15, -0.1) is 0 Å². The number of benzene rings is 1. The molecule has 0 atom stereocenters. The molecule has 10 heteroatoms. The van der Waals surface area contributed by atoms with Crippen molar-refractivity contribution in [2.45, 2.75) is 12.7 Å². The number of esters is 1. The molecule has 0 radical (unpaired) electrons. The van der Waals surface area contributed by atoms with Crippen molar-refractivity contribution < 1.29 is 27.2 Å². The molecule has 2 heterocycles. The van der Waals surface area contributed by atoms with Gasteiger partial charge in [0.1, 0.15) is 0 Å². The summed E-state index contributed by atoms with van der Waals surface area (Å²) in [5.74, 6) is -2.07. The van der Waals surface area contributed by atoms with Gasteiger partial charge in [0.05, 0.1) is 13.7 Å². The summed E-state index contributed by atoms with van der Waals surface area (Å²) in [6.07, 6.45) is -3.06. The number of carbonyl (C=O) groups is 1. The summed E-state index contributed by atoms with van der Waals surface area (Å²) >= 11 is 0. The van der Waals surface area contributed by atoms with Crippen molar-refractivity contribution in [3.63, 3.8) is 0 Å². The van der Waals surface area contributed by atoms with E-state index in [1.54, 1.807) is 30.5 Å². The Morgan fingerprint density at radius 2 is 1.96 bits per heavy atom. The van der Waals surface area contributed by atoms with Gasteiger partial charge in [-0.2, -0.15) is 23.3 Å². The Kier molecular flexibility index (Phi) is 4.26. The number of aromatic nitrogens is 4. The first-order chi connectivity index (χ1) is 11.9. The maximum absolute atomic E-state index is 12.5. The van der Waals surface area contributed by atoms with Gasteiger partial charge in [-0.3, -0.25) is 4.68 Å². The summed E-state index contributed by atoms with van der Waals surface area (Å²) < 4.78 is 47.7. The van der Waals surface area contributed by atoms with Crippen LogP contribution in [0.25, 0.3) is 11.4 Å². The molecule has 25 heavy (non-hydrogen) atoms. The lowest BCUT2D eigenvalue weighted by molar-refractivity contribution is -0.159. The van der Waals surface area contributed by atoms with Crippen LogP contribution in [0.4, 0.5) is 13.2 Å². The van der Waals surface area contributed by atoms with Gasteiger partial charge in [-0.05, 0) is 11.6 Å². The predicted octanol–water partition coefficient (Wildman–Crippen LogP) is 2.79. The van der Waals surface area contributed by atoms with Crippen LogP contribution >= 0.6 is 0 Å². The molecule has 0 spiro atoms. The van der Waals surface area contributed by atoms with E-state index in [1.807, 2.05) is 0 Å². The number of rotatable bonds is 4. The van der Waals surface area contributed by atoms with E-state index in [2.05, 4.69) is 24.5 Å². The normalized spacial score (nSPS) is 11.5. The van der Waals surface area contributed by atoms with Gasteiger partial charge in [0, 0.05) is 11.8 Å². The summed E-state index contributed by atoms with van der Waals surface area (Å²) in [5.41, 5.74) is 1.40. The highest BCUT2D eigenvalue weighted by molar-refractivity contribution is 5.86. The van der Waals surface area contributed by atoms with E-state index in [0.29, 0.717) is 12.1 Å². The van der Waals surface area contributed by atoms with Crippen LogP contribution in [-0.4, -0.2) is 33.0 Å². The molecule has 7 nitrogen and oxygen atoms in total. The fraction of sp³-hybridized carbons (Fsp3) is 0.200. The van der Waals surface area contributed by atoms with Crippen LogP contribution in [0.3, 0.4) is 0 Å². The molecular formula is C15H11F3N4O3. The third-order valence-electron chi connectivity index (χ3n) is 3.26. The summed E-state index contributed by atoms with van der Waals surface area (Å²) in [4.78, 5) is 14.7. The maximum atomic E-state index is 12.5. The minimum atomic E-state index is -4.68. The highest BCUT2D eigenvalue weighted by Gasteiger charge is 2.38. The Morgan fingerprint density at radius 1 is 1.24 bits per heavy atom. The van der Waals surface area contributed by atoms with E-state index >= 15 is 0 Å². The lowest BCUT2D eigenvalue weighted by Gasteiger charge is -2.03. The van der Waals surface area contributed by atoms with Crippen LogP contribution in [0.1, 0.15) is 21.9 Å². The van der Waals surface area contributed by atoms with E-state index in [4.69, 9.17) is 0 Å². The number of nitrogens with zero attached hydrogens (tertiary/aromatic N) is 4. The third kappa shape index (κ3) is 3.67. The van der Waals surface area contributed by atoms with Gasteiger partial charge in [0.25, 0.3) is 0 Å². The van der Waals surface area contributed by atoms with Crippen molar-refractivity contribution in [1.29, 1.82) is 0 Å². The van der Waals surface area contributed by atoms with E-state index in [-0.39, 0.29) is 11.5 Å². The molecule has 0 bridgehead atoms. The molecule has 0 amide bonds. The molecule has 0 aliphatic carbocycles. The zero-order valence-electron chi connectivity index (χ0n) is 12.8. The molecule has 1 aromatic carbocycles. The van der Waals surface area contributed by atoms with E-state index in [0.717, 1.165) is 5.56 Å². The predicted molar refractivity (Wildman–Crippen MR) is 77.4 cm³/mol. The van der Waals surface area contributed by atoms with Crippen molar-refractivity contribution in [3.05, 3.63) is 53.7 Å². The van der Waals surface area contributed by atoms with Crippen molar-refractivity contribution in [2.75, 3.05) is 7.11 Å². The van der Waals surface area contributed by atoms with Crippen LogP contribution in [-0.2, 0) is 17.5 Å². The molecule has 2 aromatic heterocycles. The molecule has 0 N–H and O–H groups in total. The number of halogens is 3. The average Bonchev–Trinajstić information content (AvgIpc) is 3.24. The number of hydrogen-bond acceptors (Lipinski definition) is 6. The molecule has 130 valence electrons. The minimum Gasteiger partial charge on any atom is -0.464 e. The molecule has 0 aliphatic rings. The van der Waals surface area contributed by atoms with Gasteiger partial charge in [-0.25, -0.2) is 4.79 Å². The SMILES string of the molecule is COC(=O)c1ccn(Cc2ccc(-c3noc(C(F)(F)F)n3)cc2)n1. The van der Waals surface area contributed by atoms with Crippen LogP contribution in [0, 0.1) is 0 Å². The topological polar surface area (TPSA) is 83.0 Å². The molecule has 3 rings (SSSR count). The fourth-order valence-corrected chi connectivity index (χ4v) is 2.07. The molecule has 3 aromatic rings. The zero-order chi connectivity index (χ0) is 18.0. The second-order valence-corrected chi connectivity index (χ2v) is 5.01. The summed E-state index contributed by atoms with van der Waals surface area (Å²) in [6, 6.07) is 8.06. The van der Waals surface area contributed by atoms with Crippen molar-refractivity contribution in [2.24, 2.45) is 0 Å². The Bertz CT molecular complexity index is 884.